The zero-order chi connectivity index (χ0) is 12.6. The van der Waals surface area contributed by atoms with Crippen molar-refractivity contribution in [3.63, 3.8) is 0 Å². The Hall–Kier alpha value is -0.580. The Balaban J connectivity index is 2.28. The van der Waals surface area contributed by atoms with Crippen molar-refractivity contribution < 1.29 is 5.11 Å². The second-order valence-electron chi connectivity index (χ2n) is 5.15. The number of aliphatic hydroxyl groups is 1. The molecule has 0 radical (unpaired) electrons. The smallest absolute Gasteiger partial charge is 0.130 e. The number of halogens is 1. The fraction of sp³-hybridized carbons (Fsp3) is 0.750. The quantitative estimate of drug-likeness (QED) is 0.835. The van der Waals surface area contributed by atoms with Gasteiger partial charge in [0.15, 0.2) is 0 Å². The molecule has 4 nitrogen and oxygen atoms in total. The Labute approximate surface area is 107 Å². The fourth-order valence-corrected chi connectivity index (χ4v) is 2.80. The van der Waals surface area contributed by atoms with Gasteiger partial charge in [0.2, 0.25) is 0 Å². The Morgan fingerprint density at radius 2 is 2.24 bits per heavy atom. The third-order valence-electron chi connectivity index (χ3n) is 3.96. The van der Waals surface area contributed by atoms with Gasteiger partial charge in [-0.3, -0.25) is 4.68 Å². The minimum Gasteiger partial charge on any atom is -0.396 e. The van der Waals surface area contributed by atoms with Gasteiger partial charge in [-0.2, -0.15) is 5.10 Å². The maximum Gasteiger partial charge on any atom is 0.130 e. The van der Waals surface area contributed by atoms with E-state index in [-0.39, 0.29) is 12.0 Å². The molecule has 5 heteroatoms. The number of nitrogens with zero attached hydrogens (tertiary/aromatic N) is 2. The van der Waals surface area contributed by atoms with Gasteiger partial charge in [-0.15, -0.1) is 0 Å². The number of aliphatic hydroxyl groups excluding tert-OH is 1. The van der Waals surface area contributed by atoms with Crippen molar-refractivity contribution >= 4 is 11.6 Å². The van der Waals surface area contributed by atoms with Crippen LogP contribution in [-0.4, -0.2) is 28.0 Å². The Morgan fingerprint density at radius 3 is 2.59 bits per heavy atom. The molecule has 3 N–H and O–H groups in total. The molecule has 1 saturated carbocycles. The SMILES string of the molecule is Cc1nn(C)c(Cl)c1CC(CN)(CO)C1CC1. The standard InChI is InChI=1S/C12H20ClN3O/c1-8-10(11(13)16(2)15-8)5-12(6-14,7-17)9-3-4-9/h9,17H,3-7,14H2,1-2H3. The predicted octanol–water partition coefficient (Wildman–Crippen LogP) is 1.27. The van der Waals surface area contributed by atoms with E-state index in [2.05, 4.69) is 5.10 Å². The minimum atomic E-state index is -0.211. The molecule has 1 unspecified atom stereocenters. The molecule has 2 rings (SSSR count). The molecule has 0 amide bonds. The highest BCUT2D eigenvalue weighted by molar-refractivity contribution is 6.30. The summed E-state index contributed by atoms with van der Waals surface area (Å²) in [4.78, 5) is 0. The third kappa shape index (κ3) is 2.21. The second-order valence-corrected chi connectivity index (χ2v) is 5.51. The van der Waals surface area contributed by atoms with Crippen molar-refractivity contribution in [3.05, 3.63) is 16.4 Å². The van der Waals surface area contributed by atoms with E-state index in [9.17, 15) is 5.11 Å². The van der Waals surface area contributed by atoms with E-state index < -0.39 is 0 Å². The summed E-state index contributed by atoms with van der Waals surface area (Å²) in [6.45, 7) is 2.57. The van der Waals surface area contributed by atoms with Gasteiger partial charge in [0.1, 0.15) is 5.15 Å². The van der Waals surface area contributed by atoms with E-state index in [4.69, 9.17) is 17.3 Å². The Kier molecular flexibility index (Phi) is 3.48. The van der Waals surface area contributed by atoms with Crippen LogP contribution in [0, 0.1) is 18.3 Å². The van der Waals surface area contributed by atoms with Gasteiger partial charge in [0.05, 0.1) is 12.3 Å². The number of aryl methyl sites for hydroxylation is 2. The molecule has 0 spiro atoms. The zero-order valence-electron chi connectivity index (χ0n) is 10.4. The van der Waals surface area contributed by atoms with Gasteiger partial charge in [-0.1, -0.05) is 11.6 Å². The highest BCUT2D eigenvalue weighted by Gasteiger charge is 2.44. The summed E-state index contributed by atoms with van der Waals surface area (Å²) in [6.07, 6.45) is 3.05. The molecule has 0 saturated heterocycles. The lowest BCUT2D eigenvalue weighted by molar-refractivity contribution is 0.109. The van der Waals surface area contributed by atoms with Crippen molar-refractivity contribution in [3.8, 4) is 0 Å². The first-order chi connectivity index (χ1) is 8.04. The predicted molar refractivity (Wildman–Crippen MR) is 68.0 cm³/mol. The van der Waals surface area contributed by atoms with Crippen molar-refractivity contribution in [2.24, 2.45) is 24.1 Å². The molecule has 0 aromatic carbocycles. The summed E-state index contributed by atoms with van der Waals surface area (Å²) in [5.41, 5.74) is 7.64. The highest BCUT2D eigenvalue weighted by Crippen LogP contribution is 2.47. The van der Waals surface area contributed by atoms with Gasteiger partial charge < -0.3 is 10.8 Å². The van der Waals surface area contributed by atoms with E-state index in [0.717, 1.165) is 30.5 Å². The number of hydrogen-bond acceptors (Lipinski definition) is 3. The van der Waals surface area contributed by atoms with Gasteiger partial charge in [-0.05, 0) is 32.1 Å². The van der Waals surface area contributed by atoms with E-state index in [1.54, 1.807) is 4.68 Å². The fourth-order valence-electron chi connectivity index (χ4n) is 2.56. The van der Waals surface area contributed by atoms with Crippen molar-refractivity contribution in [1.29, 1.82) is 0 Å². The topological polar surface area (TPSA) is 64.1 Å². The highest BCUT2D eigenvalue weighted by atomic mass is 35.5. The van der Waals surface area contributed by atoms with E-state index in [0.29, 0.717) is 17.6 Å². The first-order valence-corrected chi connectivity index (χ1v) is 6.41. The van der Waals surface area contributed by atoms with Crippen LogP contribution in [0.3, 0.4) is 0 Å². The van der Waals surface area contributed by atoms with E-state index in [1.165, 1.54) is 0 Å². The lowest BCUT2D eigenvalue weighted by atomic mass is 9.78. The lowest BCUT2D eigenvalue weighted by Crippen LogP contribution is -2.38. The van der Waals surface area contributed by atoms with Gasteiger partial charge in [0.25, 0.3) is 0 Å². The van der Waals surface area contributed by atoms with Crippen molar-refractivity contribution in [1.82, 2.24) is 9.78 Å². The molecular weight excluding hydrogens is 238 g/mol. The molecule has 1 heterocycles. The summed E-state index contributed by atoms with van der Waals surface area (Å²) in [5.74, 6) is 0.535. The summed E-state index contributed by atoms with van der Waals surface area (Å²) in [6, 6.07) is 0. The van der Waals surface area contributed by atoms with Crippen LogP contribution in [0.4, 0.5) is 0 Å². The van der Waals surface area contributed by atoms with Gasteiger partial charge >= 0.3 is 0 Å². The molecule has 17 heavy (non-hydrogen) atoms. The maximum absolute atomic E-state index is 9.69. The number of hydrogen-bond donors (Lipinski definition) is 2. The number of aromatic nitrogens is 2. The molecule has 1 aromatic rings. The summed E-state index contributed by atoms with van der Waals surface area (Å²) in [5, 5.41) is 14.7. The summed E-state index contributed by atoms with van der Waals surface area (Å²) in [7, 11) is 1.83. The largest absolute Gasteiger partial charge is 0.396 e. The second kappa shape index (κ2) is 4.59. The molecule has 1 atom stereocenters. The Morgan fingerprint density at radius 1 is 1.59 bits per heavy atom. The third-order valence-corrected chi connectivity index (χ3v) is 4.44. The van der Waals surface area contributed by atoms with Crippen LogP contribution >= 0.6 is 11.6 Å². The van der Waals surface area contributed by atoms with Crippen LogP contribution in [0.25, 0.3) is 0 Å². The van der Waals surface area contributed by atoms with E-state index >= 15 is 0 Å². The first kappa shape index (κ1) is 12.9. The zero-order valence-corrected chi connectivity index (χ0v) is 11.2. The van der Waals surface area contributed by atoms with Crippen LogP contribution in [-0.2, 0) is 13.5 Å². The van der Waals surface area contributed by atoms with Crippen LogP contribution in [0.1, 0.15) is 24.1 Å². The molecule has 96 valence electrons. The maximum atomic E-state index is 9.69. The molecule has 0 bridgehead atoms. The van der Waals surface area contributed by atoms with Crippen molar-refractivity contribution in [2.75, 3.05) is 13.2 Å². The van der Waals surface area contributed by atoms with Crippen LogP contribution in [0.5, 0.6) is 0 Å². The molecule has 1 fully saturated rings. The summed E-state index contributed by atoms with van der Waals surface area (Å²) < 4.78 is 1.68. The average Bonchev–Trinajstić information content (AvgIpc) is 3.11. The van der Waals surface area contributed by atoms with Gasteiger partial charge in [0, 0.05) is 24.6 Å². The normalized spacial score (nSPS) is 19.4. The molecule has 1 aliphatic rings. The van der Waals surface area contributed by atoms with Gasteiger partial charge in [-0.25, -0.2) is 0 Å². The molecular formula is C12H20ClN3O. The van der Waals surface area contributed by atoms with Crippen LogP contribution in [0.2, 0.25) is 5.15 Å². The first-order valence-electron chi connectivity index (χ1n) is 6.03. The number of rotatable bonds is 5. The molecule has 1 aromatic heterocycles. The summed E-state index contributed by atoms with van der Waals surface area (Å²) >= 11 is 6.24. The van der Waals surface area contributed by atoms with Crippen LogP contribution < -0.4 is 5.73 Å². The van der Waals surface area contributed by atoms with Crippen LogP contribution in [0.15, 0.2) is 0 Å². The average molecular weight is 258 g/mol. The van der Waals surface area contributed by atoms with Crippen molar-refractivity contribution in [2.45, 2.75) is 26.2 Å². The minimum absolute atomic E-state index is 0.124. The monoisotopic (exact) mass is 257 g/mol. The Bertz CT molecular complexity index is 408. The molecule has 0 aliphatic heterocycles. The number of nitrogens with two attached hydrogens (primary N) is 1. The lowest BCUT2D eigenvalue weighted by Gasteiger charge is -2.30. The molecule has 1 aliphatic carbocycles. The van der Waals surface area contributed by atoms with E-state index in [1.807, 2.05) is 14.0 Å².